The third kappa shape index (κ3) is 4.10. The summed E-state index contributed by atoms with van der Waals surface area (Å²) >= 11 is 5.84. The first-order valence-electron chi connectivity index (χ1n) is 6.11. The van der Waals surface area contributed by atoms with Crippen LogP contribution in [-0.4, -0.2) is 20.6 Å². The molecule has 2 rings (SSSR count). The summed E-state index contributed by atoms with van der Waals surface area (Å²) < 4.78 is 1.89. The van der Waals surface area contributed by atoms with E-state index in [4.69, 9.17) is 16.7 Å². The first-order chi connectivity index (χ1) is 9.15. The van der Waals surface area contributed by atoms with Crippen LogP contribution in [0.25, 0.3) is 0 Å². The van der Waals surface area contributed by atoms with E-state index in [-0.39, 0.29) is 6.42 Å². The van der Waals surface area contributed by atoms with Gasteiger partial charge >= 0.3 is 5.97 Å². The maximum Gasteiger partial charge on any atom is 0.305 e. The zero-order valence-electron chi connectivity index (χ0n) is 10.4. The Balaban J connectivity index is 1.94. The van der Waals surface area contributed by atoms with Crippen LogP contribution >= 0.6 is 11.6 Å². The van der Waals surface area contributed by atoms with Gasteiger partial charge in [-0.3, -0.25) is 4.79 Å². The van der Waals surface area contributed by atoms with Gasteiger partial charge in [-0.05, 0) is 24.1 Å². The quantitative estimate of drug-likeness (QED) is 0.884. The maximum atomic E-state index is 10.6. The van der Waals surface area contributed by atoms with Crippen molar-refractivity contribution in [2.45, 2.75) is 25.8 Å². The van der Waals surface area contributed by atoms with Crippen molar-refractivity contribution in [2.24, 2.45) is 0 Å². The molecule has 0 spiro atoms. The molecule has 1 aromatic carbocycles. The highest BCUT2D eigenvalue weighted by Crippen LogP contribution is 2.12. The highest BCUT2D eigenvalue weighted by molar-refractivity contribution is 6.30. The van der Waals surface area contributed by atoms with Crippen LogP contribution in [0, 0.1) is 0 Å². The smallest absolute Gasteiger partial charge is 0.305 e. The Labute approximate surface area is 116 Å². The van der Waals surface area contributed by atoms with Gasteiger partial charge in [-0.2, -0.15) is 0 Å². The van der Waals surface area contributed by atoms with Crippen LogP contribution in [0.4, 0.5) is 0 Å². The Kier molecular flexibility index (Phi) is 4.58. The second-order valence-corrected chi connectivity index (χ2v) is 4.74. The summed E-state index contributed by atoms with van der Waals surface area (Å²) in [6.45, 7) is 0.464. The fourth-order valence-electron chi connectivity index (χ4n) is 1.90. The summed E-state index contributed by atoms with van der Waals surface area (Å²) in [5, 5.41) is 9.42. The second-order valence-electron chi connectivity index (χ2n) is 4.31. The highest BCUT2D eigenvalue weighted by Gasteiger charge is 2.05. The molecule has 2 aromatic rings. The predicted octanol–water partition coefficient (Wildman–Crippen LogP) is 2.80. The van der Waals surface area contributed by atoms with Crippen molar-refractivity contribution in [3.63, 3.8) is 0 Å². The van der Waals surface area contributed by atoms with Crippen LogP contribution in [0.2, 0.25) is 5.02 Å². The van der Waals surface area contributed by atoms with Crippen molar-refractivity contribution in [3.8, 4) is 0 Å². The second kappa shape index (κ2) is 6.38. The molecule has 1 heterocycles. The molecule has 0 aliphatic heterocycles. The first kappa shape index (κ1) is 13.6. The molecule has 0 unspecified atom stereocenters. The highest BCUT2D eigenvalue weighted by atomic mass is 35.5. The van der Waals surface area contributed by atoms with Crippen LogP contribution in [0.15, 0.2) is 36.7 Å². The number of aryl methyl sites for hydroxylation is 3. The normalized spacial score (nSPS) is 10.6. The minimum Gasteiger partial charge on any atom is -0.481 e. The van der Waals surface area contributed by atoms with Gasteiger partial charge < -0.3 is 9.67 Å². The minimum absolute atomic E-state index is 0.115. The molecule has 100 valence electrons. The van der Waals surface area contributed by atoms with Gasteiger partial charge in [0.25, 0.3) is 0 Å². The van der Waals surface area contributed by atoms with Crippen LogP contribution in [0.3, 0.4) is 0 Å². The maximum absolute atomic E-state index is 10.6. The van der Waals surface area contributed by atoms with E-state index in [2.05, 4.69) is 4.98 Å². The third-order valence-corrected chi connectivity index (χ3v) is 3.17. The standard InChI is InChI=1S/C14H15ClN2O2/c15-12-4-1-11(2-5-12)3-6-13-16-8-10-17(13)9-7-14(18)19/h1-2,4-5,8,10H,3,6-7,9H2,(H,18,19). The third-order valence-electron chi connectivity index (χ3n) is 2.92. The number of benzene rings is 1. The van der Waals surface area contributed by atoms with E-state index in [1.54, 1.807) is 6.20 Å². The Bertz CT molecular complexity index is 549. The number of nitrogens with zero attached hydrogens (tertiary/aromatic N) is 2. The van der Waals surface area contributed by atoms with E-state index in [0.717, 1.165) is 23.7 Å². The fraction of sp³-hybridized carbons (Fsp3) is 0.286. The molecule has 1 N–H and O–H groups in total. The number of halogens is 1. The van der Waals surface area contributed by atoms with E-state index < -0.39 is 5.97 Å². The van der Waals surface area contributed by atoms with E-state index in [1.807, 2.05) is 35.0 Å². The topological polar surface area (TPSA) is 55.1 Å². The van der Waals surface area contributed by atoms with Crippen molar-refractivity contribution in [1.82, 2.24) is 9.55 Å². The van der Waals surface area contributed by atoms with E-state index in [1.165, 1.54) is 5.56 Å². The Morgan fingerprint density at radius 2 is 2.00 bits per heavy atom. The number of carbonyl (C=O) groups is 1. The number of rotatable bonds is 6. The predicted molar refractivity (Wildman–Crippen MR) is 73.3 cm³/mol. The molecule has 0 amide bonds. The summed E-state index contributed by atoms with van der Waals surface area (Å²) in [6.07, 6.45) is 5.29. The van der Waals surface area contributed by atoms with Crippen LogP contribution in [0.5, 0.6) is 0 Å². The summed E-state index contributed by atoms with van der Waals surface area (Å²) in [4.78, 5) is 14.8. The average Bonchev–Trinajstić information content (AvgIpc) is 2.83. The number of hydrogen-bond donors (Lipinski definition) is 1. The molecule has 4 nitrogen and oxygen atoms in total. The molecule has 1 aromatic heterocycles. The van der Waals surface area contributed by atoms with E-state index >= 15 is 0 Å². The lowest BCUT2D eigenvalue weighted by Gasteiger charge is -2.06. The molecule has 5 heteroatoms. The van der Waals surface area contributed by atoms with Gasteiger partial charge in [-0.25, -0.2) is 4.98 Å². The molecule has 0 aliphatic carbocycles. The number of hydrogen-bond acceptors (Lipinski definition) is 2. The molecule has 0 atom stereocenters. The molecule has 0 bridgehead atoms. The fourth-order valence-corrected chi connectivity index (χ4v) is 2.02. The molecular weight excluding hydrogens is 264 g/mol. The van der Waals surface area contributed by atoms with Crippen molar-refractivity contribution >= 4 is 17.6 Å². The zero-order chi connectivity index (χ0) is 13.7. The average molecular weight is 279 g/mol. The van der Waals surface area contributed by atoms with Gasteiger partial charge in [0, 0.05) is 30.4 Å². The zero-order valence-corrected chi connectivity index (χ0v) is 11.2. The molecule has 19 heavy (non-hydrogen) atoms. The van der Waals surface area contributed by atoms with Gasteiger partial charge in [0.1, 0.15) is 5.82 Å². The number of carboxylic acids is 1. The summed E-state index contributed by atoms with van der Waals surface area (Å²) in [5.41, 5.74) is 1.19. The van der Waals surface area contributed by atoms with Crippen LogP contribution in [0.1, 0.15) is 17.8 Å². The van der Waals surface area contributed by atoms with Crippen molar-refractivity contribution < 1.29 is 9.90 Å². The summed E-state index contributed by atoms with van der Waals surface area (Å²) in [7, 11) is 0. The van der Waals surface area contributed by atoms with Gasteiger partial charge in [-0.15, -0.1) is 0 Å². The Morgan fingerprint density at radius 3 is 2.68 bits per heavy atom. The number of aliphatic carboxylic acids is 1. The molecule has 0 aliphatic rings. The van der Waals surface area contributed by atoms with Crippen molar-refractivity contribution in [2.75, 3.05) is 0 Å². The molecule has 0 saturated heterocycles. The molecule has 0 saturated carbocycles. The van der Waals surface area contributed by atoms with Crippen molar-refractivity contribution in [1.29, 1.82) is 0 Å². The number of imidazole rings is 1. The van der Waals surface area contributed by atoms with E-state index in [0.29, 0.717) is 6.54 Å². The molecule has 0 fully saturated rings. The minimum atomic E-state index is -0.794. The van der Waals surface area contributed by atoms with Crippen molar-refractivity contribution in [3.05, 3.63) is 53.1 Å². The van der Waals surface area contributed by atoms with Gasteiger partial charge in [0.2, 0.25) is 0 Å². The lowest BCUT2D eigenvalue weighted by atomic mass is 10.1. The largest absolute Gasteiger partial charge is 0.481 e. The molecular formula is C14H15ClN2O2. The van der Waals surface area contributed by atoms with Gasteiger partial charge in [0.15, 0.2) is 0 Å². The number of carboxylic acid groups (broad SMARTS) is 1. The van der Waals surface area contributed by atoms with Gasteiger partial charge in [0.05, 0.1) is 6.42 Å². The van der Waals surface area contributed by atoms with E-state index in [9.17, 15) is 4.79 Å². The summed E-state index contributed by atoms with van der Waals surface area (Å²) in [6, 6.07) is 7.72. The Hall–Kier alpha value is -1.81. The first-order valence-corrected chi connectivity index (χ1v) is 6.49. The number of aromatic nitrogens is 2. The van der Waals surface area contributed by atoms with Gasteiger partial charge in [-0.1, -0.05) is 23.7 Å². The SMILES string of the molecule is O=C(O)CCn1ccnc1CCc1ccc(Cl)cc1. The molecule has 0 radical (unpaired) electrons. The Morgan fingerprint density at radius 1 is 1.26 bits per heavy atom. The lowest BCUT2D eigenvalue weighted by molar-refractivity contribution is -0.137. The monoisotopic (exact) mass is 278 g/mol. The lowest BCUT2D eigenvalue weighted by Crippen LogP contribution is -2.08. The van der Waals surface area contributed by atoms with Crippen LogP contribution < -0.4 is 0 Å². The van der Waals surface area contributed by atoms with Crippen LogP contribution in [-0.2, 0) is 24.2 Å². The summed E-state index contributed by atoms with van der Waals surface area (Å²) in [5.74, 6) is 0.119.